The third-order valence-corrected chi connectivity index (χ3v) is 2.95. The Morgan fingerprint density at radius 1 is 0.810 bits per heavy atom. The fourth-order valence-corrected chi connectivity index (χ4v) is 1.93. The Bertz CT molecular complexity index is 861. The van der Waals surface area contributed by atoms with Crippen LogP contribution in [0.1, 0.15) is 0 Å². The molecule has 0 saturated heterocycles. The van der Waals surface area contributed by atoms with Gasteiger partial charge in [-0.2, -0.15) is 0 Å². The summed E-state index contributed by atoms with van der Waals surface area (Å²) in [5.74, 6) is 0.619. The maximum atomic E-state index is 11.3. The van der Waals surface area contributed by atoms with E-state index >= 15 is 0 Å². The number of aromatic nitrogens is 3. The minimum Gasteiger partial charge on any atom is -0.319 e. The van der Waals surface area contributed by atoms with Crippen LogP contribution >= 0.6 is 0 Å². The van der Waals surface area contributed by atoms with Crippen LogP contribution in [0, 0.1) is 0 Å². The Morgan fingerprint density at radius 3 is 2.19 bits per heavy atom. The number of nitrogens with zero attached hydrogens (tertiary/aromatic N) is 2. The lowest BCUT2D eigenvalue weighted by atomic mass is 10.2. The van der Waals surface area contributed by atoms with Gasteiger partial charge in [-0.25, -0.2) is 9.97 Å². The summed E-state index contributed by atoms with van der Waals surface area (Å²) in [6.07, 6.45) is 1.63. The summed E-state index contributed by atoms with van der Waals surface area (Å²) in [7, 11) is 0. The molecule has 0 aliphatic carbocycles. The molecular weight excluding hydrogens is 262 g/mol. The normalized spacial score (nSPS) is 10.1. The molecule has 1 aromatic carbocycles. The molecule has 4 heteroatoms. The van der Waals surface area contributed by atoms with Gasteiger partial charge in [-0.15, -0.1) is 0 Å². The van der Waals surface area contributed by atoms with Crippen molar-refractivity contribution >= 4 is 11.0 Å². The smallest absolute Gasteiger partial charge is 0.248 e. The first kappa shape index (κ1) is 13.0. The minimum absolute atomic E-state index is 0.156. The van der Waals surface area contributed by atoms with Crippen molar-refractivity contribution in [3.8, 4) is 11.4 Å². The van der Waals surface area contributed by atoms with E-state index in [9.17, 15) is 4.79 Å². The second-order valence-corrected chi connectivity index (χ2v) is 4.45. The largest absolute Gasteiger partial charge is 0.319 e. The van der Waals surface area contributed by atoms with Crippen molar-refractivity contribution in [1.82, 2.24) is 15.0 Å². The number of nitrogens with one attached hydrogen (secondary N) is 1. The highest BCUT2D eigenvalue weighted by Crippen LogP contribution is 2.14. The van der Waals surface area contributed by atoms with Crippen molar-refractivity contribution in [3.05, 3.63) is 83.3 Å². The Hall–Kier alpha value is -3.01. The zero-order valence-electron chi connectivity index (χ0n) is 11.2. The Balaban J connectivity index is 2.16. The molecule has 0 saturated carbocycles. The van der Waals surface area contributed by atoms with Gasteiger partial charge in [0.2, 0.25) is 5.56 Å². The van der Waals surface area contributed by atoms with E-state index in [4.69, 9.17) is 0 Å². The highest BCUT2D eigenvalue weighted by Gasteiger charge is 2.02. The zero-order chi connectivity index (χ0) is 14.5. The van der Waals surface area contributed by atoms with E-state index in [-0.39, 0.29) is 5.56 Å². The average Bonchev–Trinajstić information content (AvgIpc) is 2.52. The fraction of sp³-hybridized carbons (Fsp3) is 0. The van der Waals surface area contributed by atoms with Gasteiger partial charge < -0.3 is 4.98 Å². The average molecular weight is 275 g/mol. The molecule has 0 fully saturated rings. The molecule has 0 aliphatic heterocycles. The van der Waals surface area contributed by atoms with E-state index in [1.165, 1.54) is 6.07 Å². The van der Waals surface area contributed by atoms with Gasteiger partial charge in [-0.3, -0.25) is 4.79 Å². The fourth-order valence-electron chi connectivity index (χ4n) is 1.93. The zero-order valence-corrected chi connectivity index (χ0v) is 11.2. The van der Waals surface area contributed by atoms with Crippen LogP contribution in [0.2, 0.25) is 0 Å². The van der Waals surface area contributed by atoms with Crippen LogP contribution in [-0.4, -0.2) is 15.0 Å². The molecule has 0 radical (unpaired) electrons. The second-order valence-electron chi connectivity index (χ2n) is 4.45. The third kappa shape index (κ3) is 3.12. The summed E-state index contributed by atoms with van der Waals surface area (Å²) >= 11 is 0. The van der Waals surface area contributed by atoms with Crippen molar-refractivity contribution in [3.63, 3.8) is 0 Å². The molecule has 0 spiro atoms. The molecule has 3 aromatic rings. The predicted octanol–water partition coefficient (Wildman–Crippen LogP) is 3.11. The van der Waals surface area contributed by atoms with Crippen LogP contribution in [-0.2, 0) is 0 Å². The van der Waals surface area contributed by atoms with E-state index in [0.29, 0.717) is 16.9 Å². The summed E-state index contributed by atoms with van der Waals surface area (Å²) < 4.78 is 0. The summed E-state index contributed by atoms with van der Waals surface area (Å²) in [6.45, 7) is 0. The van der Waals surface area contributed by atoms with E-state index in [1.807, 2.05) is 54.6 Å². The Morgan fingerprint density at radius 2 is 1.48 bits per heavy atom. The van der Waals surface area contributed by atoms with Crippen LogP contribution in [0.3, 0.4) is 0 Å². The van der Waals surface area contributed by atoms with Gasteiger partial charge in [0.1, 0.15) is 0 Å². The monoisotopic (exact) mass is 275 g/mol. The van der Waals surface area contributed by atoms with Crippen molar-refractivity contribution in [1.29, 1.82) is 0 Å². The molecule has 0 aliphatic rings. The molecule has 0 atom stereocenters. The molecule has 21 heavy (non-hydrogen) atoms. The van der Waals surface area contributed by atoms with Crippen LogP contribution in [0.15, 0.2) is 77.7 Å². The lowest BCUT2D eigenvalue weighted by Gasteiger charge is -2.00. The van der Waals surface area contributed by atoms with Crippen LogP contribution < -0.4 is 5.56 Å². The molecule has 0 bridgehead atoms. The molecular formula is C17H13N3O. The van der Waals surface area contributed by atoms with Crippen LogP contribution in [0.25, 0.3) is 22.4 Å². The number of pyridine rings is 1. The van der Waals surface area contributed by atoms with Crippen molar-refractivity contribution < 1.29 is 0 Å². The summed E-state index contributed by atoms with van der Waals surface area (Å²) in [5, 5.41) is 0. The SMILES string of the molecule is O=c1ccc2nc(-c3ccccccccc3)ncc2[nH]1. The number of aromatic amines is 1. The highest BCUT2D eigenvalue weighted by atomic mass is 16.1. The second kappa shape index (κ2) is 5.96. The third-order valence-electron chi connectivity index (χ3n) is 2.95. The lowest BCUT2D eigenvalue weighted by molar-refractivity contribution is 1.19. The molecule has 0 unspecified atom stereocenters. The maximum absolute atomic E-state index is 11.3. The van der Waals surface area contributed by atoms with E-state index in [0.717, 1.165) is 5.56 Å². The van der Waals surface area contributed by atoms with Crippen LogP contribution in [0.4, 0.5) is 0 Å². The van der Waals surface area contributed by atoms with Gasteiger partial charge in [-0.1, -0.05) is 54.6 Å². The summed E-state index contributed by atoms with van der Waals surface area (Å²) in [5.41, 5.74) is 2.09. The minimum atomic E-state index is -0.156. The van der Waals surface area contributed by atoms with Gasteiger partial charge in [0.25, 0.3) is 0 Å². The van der Waals surface area contributed by atoms with E-state index in [1.54, 1.807) is 12.3 Å². The standard InChI is InChI=1S/C17H13N3O/c21-16-11-10-14-15(19-16)12-18-17(20-14)13-8-6-4-2-1-3-5-7-9-13/h1-12H,(H,19,21). The maximum Gasteiger partial charge on any atom is 0.248 e. The predicted molar refractivity (Wildman–Crippen MR) is 83.2 cm³/mol. The molecule has 4 nitrogen and oxygen atoms in total. The van der Waals surface area contributed by atoms with Gasteiger partial charge in [0.15, 0.2) is 5.82 Å². The Kier molecular flexibility index (Phi) is 3.69. The lowest BCUT2D eigenvalue weighted by Crippen LogP contribution is -2.03. The molecule has 3 rings (SSSR count). The van der Waals surface area contributed by atoms with E-state index in [2.05, 4.69) is 15.0 Å². The van der Waals surface area contributed by atoms with Gasteiger partial charge >= 0.3 is 0 Å². The molecule has 2 aromatic heterocycles. The van der Waals surface area contributed by atoms with Gasteiger partial charge in [0, 0.05) is 11.6 Å². The quantitative estimate of drug-likeness (QED) is 0.742. The number of hydrogen-bond donors (Lipinski definition) is 1. The first-order valence-corrected chi connectivity index (χ1v) is 6.58. The summed E-state index contributed by atoms with van der Waals surface area (Å²) in [6, 6.07) is 20.7. The first-order valence-electron chi connectivity index (χ1n) is 6.58. The first-order chi connectivity index (χ1) is 10.3. The van der Waals surface area contributed by atoms with Crippen molar-refractivity contribution in [2.75, 3.05) is 0 Å². The number of hydrogen-bond acceptors (Lipinski definition) is 3. The number of fused-ring (bicyclic) bond motifs is 1. The van der Waals surface area contributed by atoms with Gasteiger partial charge in [0.05, 0.1) is 17.2 Å². The molecule has 2 heterocycles. The highest BCUT2D eigenvalue weighted by molar-refractivity contribution is 5.75. The molecule has 0 amide bonds. The number of H-pyrrole nitrogens is 1. The summed E-state index contributed by atoms with van der Waals surface area (Å²) in [4.78, 5) is 22.8. The van der Waals surface area contributed by atoms with E-state index < -0.39 is 0 Å². The molecule has 1 N–H and O–H groups in total. The van der Waals surface area contributed by atoms with Gasteiger partial charge in [-0.05, 0) is 6.07 Å². The Labute approximate surface area is 121 Å². The number of rotatable bonds is 1. The van der Waals surface area contributed by atoms with Crippen LogP contribution in [0.5, 0.6) is 0 Å². The molecule has 102 valence electrons. The van der Waals surface area contributed by atoms with Crippen molar-refractivity contribution in [2.24, 2.45) is 0 Å². The topological polar surface area (TPSA) is 58.6 Å². The van der Waals surface area contributed by atoms with Crippen molar-refractivity contribution in [2.45, 2.75) is 0 Å².